The third-order valence-electron chi connectivity index (χ3n) is 2.53. The fraction of sp³-hybridized carbons (Fsp3) is 0.0714. The highest BCUT2D eigenvalue weighted by Crippen LogP contribution is 2.29. The molecule has 0 atom stereocenters. The van der Waals surface area contributed by atoms with Crippen molar-refractivity contribution in [2.45, 2.75) is 10.6 Å². The number of nitrogens with two attached hydrogens (primary N) is 1. The van der Waals surface area contributed by atoms with Gasteiger partial charge in [-0.2, -0.15) is 5.26 Å². The molecule has 96 valence electrons. The van der Waals surface area contributed by atoms with Crippen molar-refractivity contribution in [2.24, 2.45) is 0 Å². The van der Waals surface area contributed by atoms with Gasteiger partial charge in [-0.25, -0.2) is 8.78 Å². The monoisotopic (exact) mass is 276 g/mol. The molecular formula is C14H10F2N2S. The van der Waals surface area contributed by atoms with Crippen LogP contribution in [0.4, 0.5) is 14.5 Å². The van der Waals surface area contributed by atoms with Gasteiger partial charge in [0.25, 0.3) is 0 Å². The quantitative estimate of drug-likeness (QED) is 0.686. The minimum absolute atomic E-state index is 0.321. The van der Waals surface area contributed by atoms with Crippen LogP contribution in [0.3, 0.4) is 0 Å². The molecule has 0 aliphatic heterocycles. The Kier molecular flexibility index (Phi) is 4.03. The van der Waals surface area contributed by atoms with E-state index in [1.54, 1.807) is 6.07 Å². The molecule has 2 rings (SSSR count). The van der Waals surface area contributed by atoms with Crippen LogP contribution < -0.4 is 5.73 Å². The molecule has 0 fully saturated rings. The molecule has 19 heavy (non-hydrogen) atoms. The molecule has 0 aliphatic carbocycles. The van der Waals surface area contributed by atoms with Crippen molar-refractivity contribution in [1.29, 1.82) is 5.26 Å². The average Bonchev–Trinajstić information content (AvgIpc) is 2.39. The summed E-state index contributed by atoms with van der Waals surface area (Å²) in [7, 11) is 0. The molecule has 2 aromatic carbocycles. The van der Waals surface area contributed by atoms with E-state index in [-0.39, 0.29) is 5.82 Å². The number of anilines is 1. The van der Waals surface area contributed by atoms with Crippen LogP contribution in [0.5, 0.6) is 0 Å². The number of thioether (sulfide) groups is 1. The molecule has 0 aromatic heterocycles. The number of nitriles is 1. The zero-order valence-corrected chi connectivity index (χ0v) is 10.7. The van der Waals surface area contributed by atoms with Crippen LogP contribution in [0, 0.1) is 23.0 Å². The van der Waals surface area contributed by atoms with Gasteiger partial charge in [0.15, 0.2) is 0 Å². The zero-order chi connectivity index (χ0) is 13.8. The minimum atomic E-state index is -0.403. The van der Waals surface area contributed by atoms with Gasteiger partial charge < -0.3 is 5.73 Å². The molecular weight excluding hydrogens is 266 g/mol. The van der Waals surface area contributed by atoms with Gasteiger partial charge in [0.2, 0.25) is 0 Å². The standard InChI is InChI=1S/C14H10F2N2S/c15-11-2-4-14(13(18)6-11)19-8-10-5-9(7-17)1-3-12(10)16/h1-6H,8,18H2. The first-order chi connectivity index (χ1) is 9.10. The Morgan fingerprint density at radius 1 is 1.16 bits per heavy atom. The molecule has 0 unspecified atom stereocenters. The molecule has 0 radical (unpaired) electrons. The van der Waals surface area contributed by atoms with E-state index < -0.39 is 5.82 Å². The number of hydrogen-bond donors (Lipinski definition) is 1. The summed E-state index contributed by atoms with van der Waals surface area (Å²) in [6, 6.07) is 10.2. The first-order valence-electron chi connectivity index (χ1n) is 5.46. The Morgan fingerprint density at radius 2 is 1.95 bits per heavy atom. The van der Waals surface area contributed by atoms with Gasteiger partial charge >= 0.3 is 0 Å². The lowest BCUT2D eigenvalue weighted by Gasteiger charge is -2.06. The van der Waals surface area contributed by atoms with E-state index in [0.717, 1.165) is 0 Å². The van der Waals surface area contributed by atoms with Crippen LogP contribution >= 0.6 is 11.8 Å². The van der Waals surface area contributed by atoms with Crippen molar-refractivity contribution >= 4 is 17.4 Å². The molecule has 2 aromatic rings. The van der Waals surface area contributed by atoms with E-state index in [1.165, 1.54) is 42.1 Å². The molecule has 0 spiro atoms. The van der Waals surface area contributed by atoms with E-state index in [2.05, 4.69) is 0 Å². The van der Waals surface area contributed by atoms with E-state index in [0.29, 0.717) is 27.5 Å². The highest BCUT2D eigenvalue weighted by molar-refractivity contribution is 7.98. The lowest BCUT2D eigenvalue weighted by atomic mass is 10.1. The predicted molar refractivity (Wildman–Crippen MR) is 71.5 cm³/mol. The van der Waals surface area contributed by atoms with Crippen LogP contribution in [0.15, 0.2) is 41.3 Å². The smallest absolute Gasteiger partial charge is 0.127 e. The van der Waals surface area contributed by atoms with Crippen molar-refractivity contribution in [3.63, 3.8) is 0 Å². The highest BCUT2D eigenvalue weighted by Gasteiger charge is 2.07. The Hall–Kier alpha value is -2.06. The Bertz CT molecular complexity index is 650. The maximum atomic E-state index is 13.6. The van der Waals surface area contributed by atoms with Crippen molar-refractivity contribution < 1.29 is 8.78 Å². The minimum Gasteiger partial charge on any atom is -0.398 e. The number of hydrogen-bond acceptors (Lipinski definition) is 3. The maximum absolute atomic E-state index is 13.6. The second-order valence-electron chi connectivity index (χ2n) is 3.89. The van der Waals surface area contributed by atoms with Crippen molar-refractivity contribution in [1.82, 2.24) is 0 Å². The van der Waals surface area contributed by atoms with Crippen molar-refractivity contribution in [2.75, 3.05) is 5.73 Å². The predicted octanol–water partition coefficient (Wildman–Crippen LogP) is 3.71. The summed E-state index contributed by atoms with van der Waals surface area (Å²) < 4.78 is 26.4. The largest absolute Gasteiger partial charge is 0.398 e. The van der Waals surface area contributed by atoms with Crippen LogP contribution in [0.1, 0.15) is 11.1 Å². The third-order valence-corrected chi connectivity index (χ3v) is 3.67. The first-order valence-corrected chi connectivity index (χ1v) is 6.45. The van der Waals surface area contributed by atoms with Gasteiger partial charge in [-0.3, -0.25) is 0 Å². The average molecular weight is 276 g/mol. The molecule has 0 saturated heterocycles. The number of halogens is 2. The Balaban J connectivity index is 2.16. The lowest BCUT2D eigenvalue weighted by molar-refractivity contribution is 0.617. The van der Waals surface area contributed by atoms with E-state index in [4.69, 9.17) is 11.0 Å². The molecule has 0 bridgehead atoms. The van der Waals surface area contributed by atoms with E-state index >= 15 is 0 Å². The molecule has 0 heterocycles. The van der Waals surface area contributed by atoms with E-state index in [1.807, 2.05) is 6.07 Å². The second kappa shape index (κ2) is 5.72. The summed E-state index contributed by atoms with van der Waals surface area (Å²) in [6.07, 6.45) is 0. The summed E-state index contributed by atoms with van der Waals surface area (Å²) in [4.78, 5) is 0.683. The van der Waals surface area contributed by atoms with Gasteiger partial charge in [0, 0.05) is 16.3 Å². The zero-order valence-electron chi connectivity index (χ0n) is 9.86. The number of nitrogens with zero attached hydrogens (tertiary/aromatic N) is 1. The van der Waals surface area contributed by atoms with Gasteiger partial charge in [0.1, 0.15) is 11.6 Å². The summed E-state index contributed by atoms with van der Waals surface area (Å²) >= 11 is 1.30. The maximum Gasteiger partial charge on any atom is 0.127 e. The van der Waals surface area contributed by atoms with Crippen LogP contribution in [0.2, 0.25) is 0 Å². The lowest BCUT2D eigenvalue weighted by Crippen LogP contribution is -1.92. The number of benzene rings is 2. The molecule has 2 N–H and O–H groups in total. The molecule has 2 nitrogen and oxygen atoms in total. The molecule has 5 heteroatoms. The topological polar surface area (TPSA) is 49.8 Å². The SMILES string of the molecule is N#Cc1ccc(F)c(CSc2ccc(F)cc2N)c1. The number of nitrogen functional groups attached to an aromatic ring is 1. The first kappa shape index (κ1) is 13.4. The number of rotatable bonds is 3. The Labute approximate surface area is 113 Å². The summed E-state index contributed by atoms with van der Waals surface area (Å²) in [5, 5.41) is 8.77. The normalized spacial score (nSPS) is 10.2. The van der Waals surface area contributed by atoms with Gasteiger partial charge in [-0.15, -0.1) is 11.8 Å². The van der Waals surface area contributed by atoms with Gasteiger partial charge in [-0.1, -0.05) is 0 Å². The van der Waals surface area contributed by atoms with E-state index in [9.17, 15) is 8.78 Å². The third kappa shape index (κ3) is 3.24. The Morgan fingerprint density at radius 3 is 2.63 bits per heavy atom. The van der Waals surface area contributed by atoms with Gasteiger partial charge in [0.05, 0.1) is 11.6 Å². The summed E-state index contributed by atoms with van der Waals surface area (Å²) in [5.41, 5.74) is 6.82. The van der Waals surface area contributed by atoms with Crippen molar-refractivity contribution in [3.8, 4) is 6.07 Å². The fourth-order valence-corrected chi connectivity index (χ4v) is 2.48. The highest BCUT2D eigenvalue weighted by atomic mass is 32.2. The molecule has 0 saturated carbocycles. The van der Waals surface area contributed by atoms with Gasteiger partial charge in [-0.05, 0) is 42.0 Å². The van der Waals surface area contributed by atoms with Crippen LogP contribution in [-0.2, 0) is 5.75 Å². The summed E-state index contributed by atoms with van der Waals surface area (Å²) in [6.45, 7) is 0. The summed E-state index contributed by atoms with van der Waals surface area (Å²) in [5.74, 6) is -0.441. The fourth-order valence-electron chi connectivity index (χ4n) is 1.56. The molecule has 0 amide bonds. The van der Waals surface area contributed by atoms with Crippen LogP contribution in [0.25, 0.3) is 0 Å². The van der Waals surface area contributed by atoms with Crippen molar-refractivity contribution in [3.05, 3.63) is 59.2 Å². The second-order valence-corrected chi connectivity index (χ2v) is 4.91. The molecule has 0 aliphatic rings. The van der Waals surface area contributed by atoms with Crippen LogP contribution in [-0.4, -0.2) is 0 Å².